The number of benzene rings is 1. The van der Waals surface area contributed by atoms with E-state index >= 15 is 0 Å². The molecule has 1 fully saturated rings. The van der Waals surface area contributed by atoms with Gasteiger partial charge in [-0.2, -0.15) is 0 Å². The van der Waals surface area contributed by atoms with Crippen LogP contribution < -0.4 is 4.74 Å². The first-order chi connectivity index (χ1) is 9.28. The third kappa shape index (κ3) is 2.67. The summed E-state index contributed by atoms with van der Waals surface area (Å²) in [5.41, 5.74) is -0.880. The van der Waals surface area contributed by atoms with Crippen molar-refractivity contribution in [2.45, 2.75) is 43.9 Å². The number of hydrogen-bond acceptors (Lipinski definition) is 5. The summed E-state index contributed by atoms with van der Waals surface area (Å²) in [6, 6.07) is 5.42. The fourth-order valence-electron chi connectivity index (χ4n) is 2.46. The predicted molar refractivity (Wildman–Crippen MR) is 81.6 cm³/mol. The van der Waals surface area contributed by atoms with Gasteiger partial charge in [-0.1, -0.05) is 6.07 Å². The van der Waals surface area contributed by atoms with Gasteiger partial charge in [0, 0.05) is 0 Å². The van der Waals surface area contributed by atoms with Crippen LogP contribution in [-0.2, 0) is 4.74 Å². The fourth-order valence-corrected chi connectivity index (χ4v) is 3.22. The molecular weight excluding hydrogens is 375 g/mol. The molecular formula is C14H19IO5. The molecule has 3 N–H and O–H groups in total. The van der Waals surface area contributed by atoms with Crippen molar-refractivity contribution >= 4 is 22.6 Å². The average Bonchev–Trinajstić information content (AvgIpc) is 2.41. The highest BCUT2D eigenvalue weighted by molar-refractivity contribution is 14.1. The summed E-state index contributed by atoms with van der Waals surface area (Å²) in [6.07, 6.45) is -3.61. The zero-order chi connectivity index (χ0) is 15.1. The Morgan fingerprint density at radius 3 is 2.50 bits per heavy atom. The molecule has 0 unspecified atom stereocenters. The first-order valence-electron chi connectivity index (χ1n) is 6.36. The van der Waals surface area contributed by atoms with Crippen molar-refractivity contribution in [3.8, 4) is 5.75 Å². The number of rotatable bonds is 2. The van der Waals surface area contributed by atoms with Crippen LogP contribution in [0.2, 0.25) is 0 Å². The normalized spacial score (nSPS) is 37.8. The lowest BCUT2D eigenvalue weighted by molar-refractivity contribution is -0.261. The Morgan fingerprint density at radius 1 is 1.30 bits per heavy atom. The topological polar surface area (TPSA) is 79.2 Å². The third-order valence-corrected chi connectivity index (χ3v) is 4.64. The van der Waals surface area contributed by atoms with E-state index in [0.29, 0.717) is 0 Å². The van der Waals surface area contributed by atoms with Crippen LogP contribution in [0.25, 0.3) is 0 Å². The predicted octanol–water partition coefficient (Wildman–Crippen LogP) is 1.23. The lowest BCUT2D eigenvalue weighted by atomic mass is 9.81. The number of methoxy groups -OCH3 is 1. The van der Waals surface area contributed by atoms with E-state index in [9.17, 15) is 15.3 Å². The van der Waals surface area contributed by atoms with E-state index in [0.717, 1.165) is 14.9 Å². The van der Waals surface area contributed by atoms with Gasteiger partial charge in [0.1, 0.15) is 29.7 Å². The van der Waals surface area contributed by atoms with Crippen LogP contribution in [0, 0.1) is 3.57 Å². The van der Waals surface area contributed by atoms with Gasteiger partial charge in [-0.25, -0.2) is 0 Å². The first kappa shape index (κ1) is 16.0. The van der Waals surface area contributed by atoms with Gasteiger partial charge >= 0.3 is 0 Å². The molecule has 0 aliphatic carbocycles. The molecule has 1 aliphatic rings. The van der Waals surface area contributed by atoms with Crippen LogP contribution in [0.4, 0.5) is 0 Å². The van der Waals surface area contributed by atoms with Gasteiger partial charge in [0.15, 0.2) is 0 Å². The number of halogens is 1. The first-order valence-corrected chi connectivity index (χ1v) is 7.44. The van der Waals surface area contributed by atoms with E-state index in [2.05, 4.69) is 22.6 Å². The second-order valence-electron chi connectivity index (χ2n) is 5.27. The molecule has 0 amide bonds. The van der Waals surface area contributed by atoms with E-state index < -0.39 is 30.0 Å². The molecule has 0 saturated carbocycles. The van der Waals surface area contributed by atoms with Crippen molar-refractivity contribution in [1.29, 1.82) is 0 Å². The Bertz CT molecular complexity index is 490. The summed E-state index contributed by atoms with van der Waals surface area (Å²) >= 11 is 2.13. The molecule has 1 aromatic rings. The zero-order valence-corrected chi connectivity index (χ0v) is 13.7. The van der Waals surface area contributed by atoms with E-state index in [1.807, 2.05) is 6.07 Å². The number of aliphatic hydroxyl groups is 3. The summed E-state index contributed by atoms with van der Waals surface area (Å²) in [6.45, 7) is 3.09. The van der Waals surface area contributed by atoms with Crippen molar-refractivity contribution in [3.63, 3.8) is 0 Å². The average molecular weight is 394 g/mol. The zero-order valence-electron chi connectivity index (χ0n) is 11.6. The smallest absolute Gasteiger partial charge is 0.132 e. The third-order valence-electron chi connectivity index (χ3n) is 3.79. The summed E-state index contributed by atoms with van der Waals surface area (Å²) < 4.78 is 11.7. The molecule has 0 aromatic heterocycles. The molecule has 1 aromatic carbocycles. The molecule has 1 aliphatic heterocycles. The standard InChI is InChI=1S/C14H19IO5/c1-7-12(16)14(2,18)13(17)11(20-7)8-4-5-10(19-3)9(15)6-8/h4-7,11-13,16-18H,1-3H3/t7-,11+,12+,13+,14-/m1/s1. The van der Waals surface area contributed by atoms with Crippen molar-refractivity contribution < 1.29 is 24.8 Å². The Labute approximate surface area is 131 Å². The maximum absolute atomic E-state index is 10.3. The monoisotopic (exact) mass is 394 g/mol. The number of aliphatic hydroxyl groups excluding tert-OH is 2. The Hall–Kier alpha value is -0.410. The summed E-state index contributed by atoms with van der Waals surface area (Å²) in [5.74, 6) is 0.736. The Morgan fingerprint density at radius 2 is 1.95 bits per heavy atom. The van der Waals surface area contributed by atoms with Crippen LogP contribution in [-0.4, -0.2) is 46.3 Å². The SMILES string of the molecule is COc1ccc([C@@H]2O[C@H](C)[C@H](O)[C@@](C)(O)[C@H]2O)cc1I. The molecule has 112 valence electrons. The van der Waals surface area contributed by atoms with Gasteiger partial charge in [0.25, 0.3) is 0 Å². The highest BCUT2D eigenvalue weighted by Gasteiger charge is 2.50. The van der Waals surface area contributed by atoms with Gasteiger partial charge < -0.3 is 24.8 Å². The van der Waals surface area contributed by atoms with E-state index in [4.69, 9.17) is 9.47 Å². The lowest BCUT2D eigenvalue weighted by Gasteiger charge is -2.46. The quantitative estimate of drug-likeness (QED) is 0.658. The molecule has 5 nitrogen and oxygen atoms in total. The summed E-state index contributed by atoms with van der Waals surface area (Å²) in [4.78, 5) is 0. The van der Waals surface area contributed by atoms with E-state index in [-0.39, 0.29) is 0 Å². The van der Waals surface area contributed by atoms with Crippen molar-refractivity contribution in [3.05, 3.63) is 27.3 Å². The maximum Gasteiger partial charge on any atom is 0.132 e. The van der Waals surface area contributed by atoms with Crippen LogP contribution in [0.5, 0.6) is 5.75 Å². The van der Waals surface area contributed by atoms with Gasteiger partial charge in [0.05, 0.1) is 16.8 Å². The molecule has 5 atom stereocenters. The lowest BCUT2D eigenvalue weighted by Crippen LogP contribution is -2.61. The van der Waals surface area contributed by atoms with Crippen LogP contribution in [0.3, 0.4) is 0 Å². The molecule has 0 bridgehead atoms. The van der Waals surface area contributed by atoms with Crippen LogP contribution in [0.1, 0.15) is 25.5 Å². The van der Waals surface area contributed by atoms with Gasteiger partial charge in [0.2, 0.25) is 0 Å². The summed E-state index contributed by atoms with van der Waals surface area (Å²) in [5, 5.41) is 30.5. The van der Waals surface area contributed by atoms with Gasteiger partial charge in [-0.3, -0.25) is 0 Å². The van der Waals surface area contributed by atoms with Crippen molar-refractivity contribution in [2.75, 3.05) is 7.11 Å². The molecule has 6 heteroatoms. The number of hydrogen-bond donors (Lipinski definition) is 3. The summed E-state index contributed by atoms with van der Waals surface area (Å²) in [7, 11) is 1.59. The molecule has 0 spiro atoms. The fraction of sp³-hybridized carbons (Fsp3) is 0.571. The molecule has 20 heavy (non-hydrogen) atoms. The Balaban J connectivity index is 2.35. The minimum absolute atomic E-state index is 0.571. The van der Waals surface area contributed by atoms with Crippen molar-refractivity contribution in [2.24, 2.45) is 0 Å². The molecule has 1 heterocycles. The van der Waals surface area contributed by atoms with Crippen LogP contribution in [0.15, 0.2) is 18.2 Å². The highest BCUT2D eigenvalue weighted by atomic mass is 127. The molecule has 0 radical (unpaired) electrons. The number of ether oxygens (including phenoxy) is 2. The largest absolute Gasteiger partial charge is 0.496 e. The van der Waals surface area contributed by atoms with E-state index in [1.54, 1.807) is 26.2 Å². The highest BCUT2D eigenvalue weighted by Crippen LogP contribution is 2.39. The minimum atomic E-state index is -1.62. The van der Waals surface area contributed by atoms with Crippen LogP contribution >= 0.6 is 22.6 Å². The maximum atomic E-state index is 10.3. The van der Waals surface area contributed by atoms with Gasteiger partial charge in [-0.05, 0) is 54.1 Å². The minimum Gasteiger partial charge on any atom is -0.496 e. The molecule has 2 rings (SSSR count). The molecule has 1 saturated heterocycles. The Kier molecular flexibility index (Phi) is 4.60. The van der Waals surface area contributed by atoms with E-state index in [1.165, 1.54) is 6.92 Å². The van der Waals surface area contributed by atoms with Crippen molar-refractivity contribution in [1.82, 2.24) is 0 Å². The second kappa shape index (κ2) is 5.76. The second-order valence-corrected chi connectivity index (χ2v) is 6.43. The van der Waals surface area contributed by atoms with Gasteiger partial charge in [-0.15, -0.1) is 0 Å².